The third-order valence-electron chi connectivity index (χ3n) is 10.7. The van der Waals surface area contributed by atoms with Crippen LogP contribution >= 0.6 is 0 Å². The van der Waals surface area contributed by atoms with Crippen LogP contribution in [0, 0.1) is 29.6 Å². The fraction of sp³-hybridized carbons (Fsp3) is 0.735. The van der Waals surface area contributed by atoms with Crippen LogP contribution in [0.1, 0.15) is 19.8 Å². The van der Waals surface area contributed by atoms with Gasteiger partial charge in [0.15, 0.2) is 12.6 Å². The molecule has 20 nitrogen and oxygen atoms in total. The van der Waals surface area contributed by atoms with Gasteiger partial charge in [0.05, 0.1) is 57.5 Å². The lowest BCUT2D eigenvalue weighted by Crippen LogP contribution is -2.60. The molecule has 4 heterocycles. The van der Waals surface area contributed by atoms with E-state index in [2.05, 4.69) is 6.58 Å². The Bertz CT molecular complexity index is 1420. The Kier molecular flexibility index (Phi) is 13.7. The fourth-order valence-electron chi connectivity index (χ4n) is 7.62. The van der Waals surface area contributed by atoms with Crippen molar-refractivity contribution < 1.29 is 97.9 Å². The number of fused-ring (bicyclic) bond motifs is 1. The molecule has 1 aliphatic carbocycles. The van der Waals surface area contributed by atoms with E-state index in [1.165, 1.54) is 13.2 Å². The number of hydrogen-bond donors (Lipinski definition) is 8. The van der Waals surface area contributed by atoms with E-state index in [0.717, 1.165) is 19.6 Å². The summed E-state index contributed by atoms with van der Waals surface area (Å²) in [5.41, 5.74) is 0.0280. The number of ether oxygens (including phenoxy) is 9. The maximum Gasteiger partial charge on any atom is 0.337 e. The van der Waals surface area contributed by atoms with E-state index in [1.807, 2.05) is 0 Å². The van der Waals surface area contributed by atoms with Crippen molar-refractivity contribution in [3.63, 3.8) is 0 Å². The van der Waals surface area contributed by atoms with Gasteiger partial charge in [-0.15, -0.1) is 6.58 Å². The summed E-state index contributed by atoms with van der Waals surface area (Å²) in [5.74, 6) is -6.38. The van der Waals surface area contributed by atoms with E-state index < -0.39 is 147 Å². The molecule has 0 aromatic carbocycles. The van der Waals surface area contributed by atoms with Crippen molar-refractivity contribution in [3.05, 3.63) is 36.3 Å². The molecular formula is C34H48O20. The number of carbonyl (C=O) groups is 3. The van der Waals surface area contributed by atoms with Crippen molar-refractivity contribution in [2.45, 2.75) is 99.9 Å². The first kappa shape index (κ1) is 41.9. The average Bonchev–Trinajstić information content (AvgIpc) is 3.49. The molecule has 0 aromatic rings. The van der Waals surface area contributed by atoms with E-state index in [4.69, 9.17) is 42.6 Å². The number of rotatable bonds is 12. The normalized spacial score (nSPS) is 43.3. The summed E-state index contributed by atoms with van der Waals surface area (Å²) in [5, 5.41) is 81.1. The highest BCUT2D eigenvalue weighted by atomic mass is 16.8. The summed E-state index contributed by atoms with van der Waals surface area (Å²) in [7, 11) is 2.30. The van der Waals surface area contributed by atoms with Crippen molar-refractivity contribution in [1.29, 1.82) is 0 Å². The summed E-state index contributed by atoms with van der Waals surface area (Å²) < 4.78 is 49.8. The van der Waals surface area contributed by atoms with Crippen LogP contribution in [0.5, 0.6) is 0 Å². The van der Waals surface area contributed by atoms with Gasteiger partial charge in [0.1, 0.15) is 54.9 Å². The number of carbonyl (C=O) groups excluding carboxylic acids is 3. The summed E-state index contributed by atoms with van der Waals surface area (Å²) in [6.45, 7) is 4.08. The lowest BCUT2D eigenvalue weighted by Gasteiger charge is -2.43. The monoisotopic (exact) mass is 776 g/mol. The molecule has 0 aromatic heterocycles. The summed E-state index contributed by atoms with van der Waals surface area (Å²) in [6.07, 6.45) is -16.4. The predicted molar refractivity (Wildman–Crippen MR) is 172 cm³/mol. The van der Waals surface area contributed by atoms with Gasteiger partial charge in [-0.2, -0.15) is 0 Å². The quantitative estimate of drug-likeness (QED) is 0.0540. The molecule has 5 aliphatic rings. The molecule has 2 saturated heterocycles. The SMILES string of the molecule is C=CC1C(CC(=O)O[C@H]2CC3C(C(=O)OC)=CO[C@@H](O[C@@H]4O[C@H](CO)[C@@H](O)[C@H](O)[C@H]4O)C3[C@H]2C)C(C(=O)OC)=CO[C@H]1O[C@@H]1O[C@H](CO)[C@@H](O)[C@H](O)[C@H]1O. The van der Waals surface area contributed by atoms with Crippen LogP contribution in [0.3, 0.4) is 0 Å². The minimum atomic E-state index is -1.78. The first-order valence-electron chi connectivity index (χ1n) is 17.3. The van der Waals surface area contributed by atoms with Crippen LogP contribution in [-0.2, 0) is 57.0 Å². The first-order valence-corrected chi connectivity index (χ1v) is 17.3. The lowest BCUT2D eigenvalue weighted by atomic mass is 9.81. The zero-order valence-corrected chi connectivity index (χ0v) is 29.6. The van der Waals surface area contributed by atoms with Gasteiger partial charge < -0.3 is 83.5 Å². The van der Waals surface area contributed by atoms with E-state index in [-0.39, 0.29) is 17.6 Å². The van der Waals surface area contributed by atoms with Crippen molar-refractivity contribution in [1.82, 2.24) is 0 Å². The smallest absolute Gasteiger partial charge is 0.337 e. The van der Waals surface area contributed by atoms with Crippen LogP contribution in [0.2, 0.25) is 0 Å². The van der Waals surface area contributed by atoms with Gasteiger partial charge in [-0.1, -0.05) is 13.0 Å². The second-order valence-electron chi connectivity index (χ2n) is 13.7. The highest BCUT2D eigenvalue weighted by molar-refractivity contribution is 5.90. The zero-order chi connectivity index (χ0) is 39.6. The molecule has 0 bridgehead atoms. The van der Waals surface area contributed by atoms with Gasteiger partial charge >= 0.3 is 17.9 Å². The van der Waals surface area contributed by atoms with Crippen LogP contribution in [-0.4, -0.2) is 166 Å². The molecule has 1 saturated carbocycles. The van der Waals surface area contributed by atoms with Crippen molar-refractivity contribution in [2.75, 3.05) is 27.4 Å². The van der Waals surface area contributed by atoms with E-state index in [9.17, 15) is 55.2 Å². The van der Waals surface area contributed by atoms with Gasteiger partial charge in [-0.25, -0.2) is 9.59 Å². The third-order valence-corrected chi connectivity index (χ3v) is 10.7. The van der Waals surface area contributed by atoms with E-state index in [1.54, 1.807) is 6.92 Å². The Morgan fingerprint density at radius 2 is 1.26 bits per heavy atom. The maximum absolute atomic E-state index is 13.7. The predicted octanol–water partition coefficient (Wildman–Crippen LogP) is -3.56. The van der Waals surface area contributed by atoms with Gasteiger partial charge in [0, 0.05) is 29.6 Å². The first-order chi connectivity index (χ1) is 25.7. The van der Waals surface area contributed by atoms with Crippen molar-refractivity contribution >= 4 is 17.9 Å². The molecule has 0 radical (unpaired) electrons. The van der Waals surface area contributed by atoms with E-state index >= 15 is 0 Å². The molecule has 8 N–H and O–H groups in total. The molecule has 3 fully saturated rings. The molecule has 18 atom stereocenters. The van der Waals surface area contributed by atoms with Gasteiger partial charge in [0.2, 0.25) is 12.6 Å². The lowest BCUT2D eigenvalue weighted by molar-refractivity contribution is -0.342. The molecule has 4 unspecified atom stereocenters. The van der Waals surface area contributed by atoms with Gasteiger partial charge in [-0.05, 0) is 6.42 Å². The second kappa shape index (κ2) is 17.7. The van der Waals surface area contributed by atoms with Crippen LogP contribution < -0.4 is 0 Å². The van der Waals surface area contributed by atoms with Gasteiger partial charge in [-0.3, -0.25) is 4.79 Å². The van der Waals surface area contributed by atoms with Crippen LogP contribution in [0.25, 0.3) is 0 Å². The standard InChI is InChI=1S/C34H48O20/c1-5-13-14(16(29(44)46-3)10-48-31(13)53-33-27(42)25(40)23(38)19(8-35)51-33)7-21(37)50-18-6-15-17(30(45)47-4)11-49-32(22(15)12(18)2)54-34-28(43)26(41)24(39)20(9-36)52-34/h5,10-15,18-20,22-28,31-36,38-43H,1,6-9H2,2-4H3/t12-,13?,14?,15?,18-,19+,20+,22?,23+,24+,25-,26-,27+,28+,31-,32-,33-,34-/m0/s1. The van der Waals surface area contributed by atoms with E-state index in [0.29, 0.717) is 0 Å². The molecule has 0 amide bonds. The largest absolute Gasteiger partial charge is 0.472 e. The summed E-state index contributed by atoms with van der Waals surface area (Å²) in [6, 6.07) is 0. The minimum Gasteiger partial charge on any atom is -0.472 e. The number of methoxy groups -OCH3 is 2. The highest BCUT2D eigenvalue weighted by Crippen LogP contribution is 2.49. The Labute approximate surface area is 309 Å². The molecule has 4 aliphatic heterocycles. The number of hydrogen-bond acceptors (Lipinski definition) is 20. The van der Waals surface area contributed by atoms with Crippen molar-refractivity contribution in [2.24, 2.45) is 29.6 Å². The molecule has 54 heavy (non-hydrogen) atoms. The Morgan fingerprint density at radius 3 is 1.78 bits per heavy atom. The fourth-order valence-corrected chi connectivity index (χ4v) is 7.62. The number of esters is 3. The second-order valence-corrected chi connectivity index (χ2v) is 13.7. The summed E-state index contributed by atoms with van der Waals surface area (Å²) >= 11 is 0. The van der Waals surface area contributed by atoms with Crippen LogP contribution in [0.4, 0.5) is 0 Å². The summed E-state index contributed by atoms with van der Waals surface area (Å²) in [4.78, 5) is 39.3. The maximum atomic E-state index is 13.7. The Morgan fingerprint density at radius 1 is 0.759 bits per heavy atom. The highest BCUT2D eigenvalue weighted by Gasteiger charge is 2.55. The molecule has 5 rings (SSSR count). The Hall–Kier alpha value is -3.25. The molecular weight excluding hydrogens is 728 g/mol. The van der Waals surface area contributed by atoms with Gasteiger partial charge in [0.25, 0.3) is 0 Å². The number of aliphatic hydroxyl groups excluding tert-OH is 8. The minimum absolute atomic E-state index is 0.0810. The topological polar surface area (TPSA) is 296 Å². The molecule has 20 heteroatoms. The van der Waals surface area contributed by atoms with Crippen molar-refractivity contribution in [3.8, 4) is 0 Å². The molecule has 0 spiro atoms. The average molecular weight is 777 g/mol. The van der Waals surface area contributed by atoms with Crippen LogP contribution in [0.15, 0.2) is 36.3 Å². The number of aliphatic hydroxyl groups is 8. The third kappa shape index (κ3) is 8.15. The molecule has 304 valence electrons. The zero-order valence-electron chi connectivity index (χ0n) is 29.6. The Balaban J connectivity index is 1.33.